The van der Waals surface area contributed by atoms with Gasteiger partial charge in [0.15, 0.2) is 0 Å². The van der Waals surface area contributed by atoms with Gasteiger partial charge in [0.05, 0.1) is 0 Å². The van der Waals surface area contributed by atoms with Crippen LogP contribution in [0.25, 0.3) is 0 Å². The molecule has 7 heteroatoms. The molecule has 1 saturated carbocycles. The molecular formula is C14H21F3N4. The van der Waals surface area contributed by atoms with Gasteiger partial charge in [0.1, 0.15) is 24.0 Å². The normalized spacial score (nSPS) is 15.4. The first-order chi connectivity index (χ1) is 9.80. The lowest BCUT2D eigenvalue weighted by Gasteiger charge is -2.26. The molecule has 0 bridgehead atoms. The van der Waals surface area contributed by atoms with Gasteiger partial charge in [-0.3, -0.25) is 0 Å². The summed E-state index contributed by atoms with van der Waals surface area (Å²) in [5, 5.41) is 3.06. The zero-order valence-corrected chi connectivity index (χ0v) is 12.5. The predicted octanol–water partition coefficient (Wildman–Crippen LogP) is 3.56. The Bertz CT molecular complexity index is 484. The average molecular weight is 302 g/mol. The highest BCUT2D eigenvalue weighted by atomic mass is 19.4. The third-order valence-corrected chi connectivity index (χ3v) is 3.24. The van der Waals surface area contributed by atoms with Crippen molar-refractivity contribution in [3.63, 3.8) is 0 Å². The number of nitrogens with zero attached hydrogens (tertiary/aromatic N) is 3. The minimum atomic E-state index is -4.23. The molecule has 0 aromatic carbocycles. The van der Waals surface area contributed by atoms with Crippen LogP contribution in [-0.2, 0) is 0 Å². The van der Waals surface area contributed by atoms with E-state index in [-0.39, 0.29) is 12.0 Å². The third-order valence-electron chi connectivity index (χ3n) is 3.24. The van der Waals surface area contributed by atoms with Crippen molar-refractivity contribution in [1.29, 1.82) is 0 Å². The van der Waals surface area contributed by atoms with E-state index in [4.69, 9.17) is 0 Å². The minimum absolute atomic E-state index is 0.0592. The quantitative estimate of drug-likeness (QED) is 0.872. The molecule has 21 heavy (non-hydrogen) atoms. The van der Waals surface area contributed by atoms with Crippen molar-refractivity contribution in [2.75, 3.05) is 23.3 Å². The van der Waals surface area contributed by atoms with E-state index < -0.39 is 12.7 Å². The molecule has 1 aromatic heterocycles. The molecule has 1 aliphatic rings. The highest BCUT2D eigenvalue weighted by Crippen LogP contribution is 2.34. The van der Waals surface area contributed by atoms with Crippen LogP contribution in [0, 0.1) is 0 Å². The molecule has 0 radical (unpaired) electrons. The molecule has 0 saturated heterocycles. The maximum Gasteiger partial charge on any atom is 0.405 e. The Kier molecular flexibility index (Phi) is 4.58. The maximum absolute atomic E-state index is 12.8. The molecule has 0 amide bonds. The van der Waals surface area contributed by atoms with Crippen LogP contribution in [0.1, 0.15) is 45.4 Å². The van der Waals surface area contributed by atoms with Gasteiger partial charge in [0.25, 0.3) is 0 Å². The smallest absolute Gasteiger partial charge is 0.370 e. The molecule has 0 aliphatic heterocycles. The minimum Gasteiger partial charge on any atom is -0.370 e. The van der Waals surface area contributed by atoms with Crippen molar-refractivity contribution >= 4 is 11.6 Å². The van der Waals surface area contributed by atoms with E-state index in [9.17, 15) is 13.2 Å². The van der Waals surface area contributed by atoms with Gasteiger partial charge in [0, 0.05) is 24.6 Å². The van der Waals surface area contributed by atoms with E-state index in [2.05, 4.69) is 15.3 Å². The summed E-state index contributed by atoms with van der Waals surface area (Å²) in [7, 11) is 0. The fraction of sp³-hybridized carbons (Fsp3) is 0.714. The Morgan fingerprint density at radius 2 is 2.00 bits per heavy atom. The predicted molar refractivity (Wildman–Crippen MR) is 76.7 cm³/mol. The average Bonchev–Trinajstić information content (AvgIpc) is 3.19. The first-order valence-electron chi connectivity index (χ1n) is 7.26. The fourth-order valence-electron chi connectivity index (χ4n) is 2.11. The second-order valence-electron chi connectivity index (χ2n) is 5.63. The van der Waals surface area contributed by atoms with E-state index in [0.29, 0.717) is 24.0 Å². The lowest BCUT2D eigenvalue weighted by molar-refractivity contribution is -0.120. The summed E-state index contributed by atoms with van der Waals surface area (Å²) in [5.41, 5.74) is 0. The Morgan fingerprint density at radius 3 is 2.48 bits per heavy atom. The Balaban J connectivity index is 2.34. The first kappa shape index (κ1) is 15.9. The van der Waals surface area contributed by atoms with E-state index in [1.54, 1.807) is 6.07 Å². The molecule has 1 aliphatic carbocycles. The van der Waals surface area contributed by atoms with Crippen LogP contribution < -0.4 is 10.2 Å². The monoisotopic (exact) mass is 302 g/mol. The van der Waals surface area contributed by atoms with Gasteiger partial charge in [-0.15, -0.1) is 0 Å². The van der Waals surface area contributed by atoms with Crippen molar-refractivity contribution in [3.8, 4) is 0 Å². The molecular weight excluding hydrogens is 281 g/mol. The Labute approximate surface area is 122 Å². The number of anilines is 2. The van der Waals surface area contributed by atoms with Crippen LogP contribution in [0.4, 0.5) is 24.8 Å². The SMILES string of the molecule is CCNc1cc(N(CC(F)(F)F)C2CC2)nc(C(C)C)n1. The molecule has 1 aromatic rings. The van der Waals surface area contributed by atoms with Crippen LogP contribution >= 0.6 is 0 Å². The number of nitrogens with one attached hydrogen (secondary N) is 1. The second kappa shape index (κ2) is 6.07. The molecule has 4 nitrogen and oxygen atoms in total. The van der Waals surface area contributed by atoms with Gasteiger partial charge >= 0.3 is 6.18 Å². The number of hydrogen-bond acceptors (Lipinski definition) is 4. The largest absolute Gasteiger partial charge is 0.405 e. The standard InChI is InChI=1S/C14H21F3N4/c1-4-18-11-7-12(20-13(19-11)9(2)3)21(10-5-6-10)8-14(15,16)17/h7,9-10H,4-6,8H2,1-3H3,(H,18,19,20). The Hall–Kier alpha value is -1.53. The topological polar surface area (TPSA) is 41.0 Å². The van der Waals surface area contributed by atoms with Gasteiger partial charge in [-0.25, -0.2) is 9.97 Å². The Morgan fingerprint density at radius 1 is 1.33 bits per heavy atom. The lowest BCUT2D eigenvalue weighted by Crippen LogP contribution is -2.36. The molecule has 0 unspecified atom stereocenters. The lowest BCUT2D eigenvalue weighted by atomic mass is 10.2. The zero-order valence-electron chi connectivity index (χ0n) is 12.5. The van der Waals surface area contributed by atoms with Crippen molar-refractivity contribution in [1.82, 2.24) is 9.97 Å². The molecule has 118 valence electrons. The fourth-order valence-corrected chi connectivity index (χ4v) is 2.11. The van der Waals surface area contributed by atoms with Crippen molar-refractivity contribution < 1.29 is 13.2 Å². The summed E-state index contributed by atoms with van der Waals surface area (Å²) in [6.45, 7) is 5.49. The number of hydrogen-bond donors (Lipinski definition) is 1. The van der Waals surface area contributed by atoms with E-state index in [1.165, 1.54) is 4.90 Å². The van der Waals surface area contributed by atoms with Crippen molar-refractivity contribution in [3.05, 3.63) is 11.9 Å². The van der Waals surface area contributed by atoms with Crippen LogP contribution in [0.5, 0.6) is 0 Å². The first-order valence-corrected chi connectivity index (χ1v) is 7.26. The second-order valence-corrected chi connectivity index (χ2v) is 5.63. The van der Waals surface area contributed by atoms with Crippen LogP contribution in [0.15, 0.2) is 6.07 Å². The molecule has 2 rings (SSSR count). The summed E-state index contributed by atoms with van der Waals surface area (Å²) < 4.78 is 38.4. The van der Waals surface area contributed by atoms with E-state index in [1.807, 2.05) is 20.8 Å². The van der Waals surface area contributed by atoms with E-state index in [0.717, 1.165) is 12.8 Å². The zero-order chi connectivity index (χ0) is 15.6. The number of halogens is 3. The maximum atomic E-state index is 12.8. The summed E-state index contributed by atoms with van der Waals surface area (Å²) in [6, 6.07) is 1.55. The van der Waals surface area contributed by atoms with Crippen LogP contribution in [-0.4, -0.2) is 35.3 Å². The van der Waals surface area contributed by atoms with E-state index >= 15 is 0 Å². The van der Waals surface area contributed by atoms with Crippen LogP contribution in [0.2, 0.25) is 0 Å². The molecule has 1 fully saturated rings. The summed E-state index contributed by atoms with van der Waals surface area (Å²) in [6.07, 6.45) is -2.66. The molecule has 1 heterocycles. The summed E-state index contributed by atoms with van der Waals surface area (Å²) >= 11 is 0. The van der Waals surface area contributed by atoms with Crippen LogP contribution in [0.3, 0.4) is 0 Å². The highest BCUT2D eigenvalue weighted by Gasteiger charge is 2.39. The van der Waals surface area contributed by atoms with Crippen molar-refractivity contribution in [2.24, 2.45) is 0 Å². The molecule has 0 spiro atoms. The highest BCUT2D eigenvalue weighted by molar-refractivity contribution is 5.51. The van der Waals surface area contributed by atoms with Gasteiger partial charge in [0.2, 0.25) is 0 Å². The molecule has 0 atom stereocenters. The van der Waals surface area contributed by atoms with Gasteiger partial charge in [-0.2, -0.15) is 13.2 Å². The number of alkyl halides is 3. The van der Waals surface area contributed by atoms with Gasteiger partial charge in [-0.1, -0.05) is 13.8 Å². The summed E-state index contributed by atoms with van der Waals surface area (Å²) in [4.78, 5) is 10.0. The number of aromatic nitrogens is 2. The van der Waals surface area contributed by atoms with Gasteiger partial charge in [-0.05, 0) is 19.8 Å². The third kappa shape index (κ3) is 4.47. The van der Waals surface area contributed by atoms with Crippen molar-refractivity contribution in [2.45, 2.75) is 51.7 Å². The number of rotatable bonds is 6. The molecule has 1 N–H and O–H groups in total. The summed E-state index contributed by atoms with van der Waals surface area (Å²) in [5.74, 6) is 1.58. The van der Waals surface area contributed by atoms with Gasteiger partial charge < -0.3 is 10.2 Å².